The van der Waals surface area contributed by atoms with Gasteiger partial charge in [0.25, 0.3) is 0 Å². The summed E-state index contributed by atoms with van der Waals surface area (Å²) >= 11 is 11.4. The summed E-state index contributed by atoms with van der Waals surface area (Å²) in [5.41, 5.74) is 2.98. The number of thiol groups is 1. The molecule has 0 bridgehead atoms. The molecule has 10 atom stereocenters. The van der Waals surface area contributed by atoms with Crippen LogP contribution in [0.1, 0.15) is 91.5 Å². The Hall–Kier alpha value is -5.93. The molecule has 0 radical (unpaired) electrons. The number of ether oxygens (including phenoxy) is 6. The molecule has 18 nitrogen and oxygen atoms in total. The molecule has 2 fully saturated rings. The fourth-order valence-electron chi connectivity index (χ4n) is 8.82. The van der Waals surface area contributed by atoms with Gasteiger partial charge in [-0.3, -0.25) is 39.6 Å². The summed E-state index contributed by atoms with van der Waals surface area (Å²) in [5.74, 6) is 2.25. The molecule has 4 aromatic carbocycles. The molecule has 2 aliphatic heterocycles. The van der Waals surface area contributed by atoms with Crippen LogP contribution in [0.25, 0.3) is 0 Å². The average Bonchev–Trinajstić information content (AvgIpc) is 3.53. The van der Waals surface area contributed by atoms with E-state index in [2.05, 4.69) is 49.0 Å². The Morgan fingerprint density at radius 3 is 1.37 bits per heavy atom. The first-order valence-corrected chi connectivity index (χ1v) is 28.8. The molecule has 2 amide bonds. The molecular weight excluding hydrogens is 1080 g/mol. The first-order chi connectivity index (χ1) is 37.6. The predicted octanol–water partition coefficient (Wildman–Crippen LogP) is 12.6. The van der Waals surface area contributed by atoms with E-state index in [-0.39, 0.29) is 89.2 Å². The van der Waals surface area contributed by atoms with Crippen LogP contribution in [0.4, 0.5) is 21.0 Å². The van der Waals surface area contributed by atoms with Crippen molar-refractivity contribution in [1.82, 2.24) is 9.80 Å². The molecule has 4 aromatic rings. The lowest BCUT2D eigenvalue weighted by molar-refractivity contribution is -0.386. The number of ketones is 2. The van der Waals surface area contributed by atoms with Crippen molar-refractivity contribution in [2.75, 3.05) is 36.5 Å². The zero-order valence-corrected chi connectivity index (χ0v) is 49.3. The summed E-state index contributed by atoms with van der Waals surface area (Å²) in [6, 6.07) is 29.3. The second kappa shape index (κ2) is 33.0. The van der Waals surface area contributed by atoms with E-state index in [0.29, 0.717) is 30.1 Å². The zero-order valence-electron chi connectivity index (χ0n) is 46.8. The van der Waals surface area contributed by atoms with Gasteiger partial charge in [-0.25, -0.2) is 9.59 Å². The van der Waals surface area contributed by atoms with Gasteiger partial charge >= 0.3 is 23.6 Å². The number of nitro benzene ring substituents is 2. The number of hydrogen-bond donors (Lipinski definition) is 1. The van der Waals surface area contributed by atoms with E-state index in [1.807, 2.05) is 72.7 Å². The number of carbonyl (C=O) groups is 4. The van der Waals surface area contributed by atoms with Crippen LogP contribution in [-0.2, 0) is 54.6 Å². The number of amides is 2. The molecule has 6 unspecified atom stereocenters. The largest absolute Gasteiger partial charge is 0.457 e. The number of hydrogen-bond acceptors (Lipinski definition) is 16. The minimum atomic E-state index is -0.802. The molecule has 21 heteroatoms. The maximum Gasteiger partial charge on any atom is 0.411 e. The van der Waals surface area contributed by atoms with E-state index in [0.717, 1.165) is 24.3 Å². The van der Waals surface area contributed by atoms with Gasteiger partial charge in [0, 0.05) is 37.1 Å². The molecule has 0 N–H and O–H groups in total. The van der Waals surface area contributed by atoms with Gasteiger partial charge in [0.05, 0.1) is 21.7 Å². The number of alkyl halides is 1. The lowest BCUT2D eigenvalue weighted by Gasteiger charge is -2.42. The summed E-state index contributed by atoms with van der Waals surface area (Å²) in [5, 5.41) is 23.5. The topological polar surface area (TPSA) is 216 Å². The third-order valence-electron chi connectivity index (χ3n) is 14.4. The Balaban J connectivity index is 0.000000299. The Morgan fingerprint density at radius 1 is 0.595 bits per heavy atom. The van der Waals surface area contributed by atoms with Crippen molar-refractivity contribution in [3.05, 3.63) is 140 Å². The van der Waals surface area contributed by atoms with Crippen LogP contribution in [0.15, 0.2) is 97.1 Å². The van der Waals surface area contributed by atoms with Crippen molar-refractivity contribution in [1.29, 1.82) is 0 Å². The summed E-state index contributed by atoms with van der Waals surface area (Å²) in [4.78, 5) is 73.8. The first-order valence-electron chi connectivity index (χ1n) is 26.5. The number of aryl methyl sites for hydroxylation is 2. The second-order valence-corrected chi connectivity index (χ2v) is 21.5. The second-order valence-electron chi connectivity index (χ2n) is 19.8. The van der Waals surface area contributed by atoms with Gasteiger partial charge in [-0.15, -0.1) is 23.4 Å². The zero-order chi connectivity index (χ0) is 58.3. The molecule has 0 aromatic heterocycles. The number of thioether (sulfide) groups is 1. The minimum absolute atomic E-state index is 0.00865. The Morgan fingerprint density at radius 2 is 1.00 bits per heavy atom. The molecule has 0 spiro atoms. The van der Waals surface area contributed by atoms with Crippen molar-refractivity contribution >= 4 is 71.1 Å². The van der Waals surface area contributed by atoms with Crippen LogP contribution in [0.3, 0.4) is 0 Å². The van der Waals surface area contributed by atoms with Crippen LogP contribution in [-0.4, -0.2) is 105 Å². The van der Waals surface area contributed by atoms with Crippen molar-refractivity contribution in [3.8, 4) is 11.5 Å². The number of benzene rings is 4. The summed E-state index contributed by atoms with van der Waals surface area (Å²) in [6.07, 6.45) is -1.96. The maximum atomic E-state index is 12.6. The SMILES string of the molecule is CCN(CCl)C(=O)OCc1ccc(OC2OC(C(C)=O)C(C)[C@H](C)[C@@H]2C)c([N+](=O)[O-])c1.CCN(CSCCc1ccccc1)C(=O)OCc1ccc(OC2OC(C(C)=O)C(C)[C@H](C)[C@@H]2C)c([N+](=O)[O-])c1.SCCc1ccccc1. The minimum Gasteiger partial charge on any atom is -0.457 e. The summed E-state index contributed by atoms with van der Waals surface area (Å²) in [7, 11) is 0. The third kappa shape index (κ3) is 19.7. The number of halogens is 1. The molecular formula is C58H77ClN4O14S2. The molecule has 79 heavy (non-hydrogen) atoms. The highest BCUT2D eigenvalue weighted by Gasteiger charge is 2.44. The van der Waals surface area contributed by atoms with E-state index < -0.39 is 46.8 Å². The van der Waals surface area contributed by atoms with Crippen LogP contribution in [0.5, 0.6) is 11.5 Å². The van der Waals surface area contributed by atoms with E-state index in [1.165, 1.54) is 54.1 Å². The van der Waals surface area contributed by atoms with Crippen LogP contribution in [0.2, 0.25) is 0 Å². The van der Waals surface area contributed by atoms with Gasteiger partial charge < -0.3 is 28.4 Å². The normalized spacial score (nSPS) is 22.3. The number of carbonyl (C=O) groups excluding carboxylic acids is 4. The monoisotopic (exact) mass is 1150 g/mol. The maximum absolute atomic E-state index is 12.6. The quantitative estimate of drug-likeness (QED) is 0.0147. The Kier molecular flexibility index (Phi) is 27.4. The first kappa shape index (κ1) is 65.6. The highest BCUT2D eigenvalue weighted by molar-refractivity contribution is 7.99. The number of rotatable bonds is 22. The van der Waals surface area contributed by atoms with E-state index in [9.17, 15) is 39.4 Å². The van der Waals surface area contributed by atoms with Gasteiger partial charge in [0.1, 0.15) is 25.4 Å². The van der Waals surface area contributed by atoms with Crippen LogP contribution in [0, 0.1) is 55.7 Å². The Labute approximate surface area is 479 Å². The Bertz CT molecular complexity index is 2600. The highest BCUT2D eigenvalue weighted by Crippen LogP contribution is 2.40. The number of nitro groups is 2. The van der Waals surface area contributed by atoms with Crippen LogP contribution < -0.4 is 9.47 Å². The van der Waals surface area contributed by atoms with Gasteiger partial charge in [0.2, 0.25) is 12.6 Å². The van der Waals surface area contributed by atoms with Gasteiger partial charge in [-0.2, -0.15) is 12.6 Å². The fourth-order valence-corrected chi connectivity index (χ4v) is 10.4. The van der Waals surface area contributed by atoms with Gasteiger partial charge in [-0.1, -0.05) is 114 Å². The lowest BCUT2D eigenvalue weighted by Crippen LogP contribution is -2.49. The fraction of sp³-hybridized carbons (Fsp3) is 0.517. The molecule has 432 valence electrons. The molecule has 0 saturated carbocycles. The number of Topliss-reactive ketones (excluding diaryl/α,β-unsaturated/α-hetero) is 2. The van der Waals surface area contributed by atoms with Crippen molar-refractivity contribution in [3.63, 3.8) is 0 Å². The van der Waals surface area contributed by atoms with Gasteiger partial charge in [0.15, 0.2) is 23.1 Å². The van der Waals surface area contributed by atoms with Crippen molar-refractivity contribution < 1.29 is 57.4 Å². The highest BCUT2D eigenvalue weighted by atomic mass is 35.5. The van der Waals surface area contributed by atoms with Gasteiger partial charge in [-0.05, 0) is 110 Å². The standard InChI is InChI=1S/C29H38N2O7S.C21H29ClN2O7.C8H10S/c1-6-30(18-39-15-14-23-10-8-7-9-11-23)29(33)36-17-24-12-13-26(25(16-24)31(34)35)37-28-21(4)19(2)20(3)27(38-28)22(5)32;1-6-23(11-22)21(26)29-10-16-7-8-18(17(9-16)24(27)28)30-20-14(4)12(2)13(3)19(31-20)15(5)25;9-7-6-8-4-2-1-3-5-8/h7-13,16,19-21,27-28H,6,14-15,17-18H2,1-5H3;7-9,12-14,19-20H,6,10-11H2,1-5H3;1-5,9H,6-7H2/t19-,20?,21-,27?,28?;12-,13?,14-,19?,20?;/m00./s1. The lowest BCUT2D eigenvalue weighted by atomic mass is 9.78. The van der Waals surface area contributed by atoms with E-state index in [4.69, 9.17) is 40.0 Å². The van der Waals surface area contributed by atoms with Crippen molar-refractivity contribution in [2.24, 2.45) is 35.5 Å². The smallest absolute Gasteiger partial charge is 0.411 e. The molecule has 6 rings (SSSR count). The molecule has 2 heterocycles. The third-order valence-corrected chi connectivity index (χ3v) is 15.9. The van der Waals surface area contributed by atoms with E-state index >= 15 is 0 Å². The molecule has 0 aliphatic carbocycles. The predicted molar refractivity (Wildman–Crippen MR) is 308 cm³/mol. The number of nitrogens with zero attached hydrogens (tertiary/aromatic N) is 4. The average molecular weight is 1150 g/mol. The summed E-state index contributed by atoms with van der Waals surface area (Å²) in [6.45, 7) is 19.0. The molecule has 2 saturated heterocycles. The molecule has 2 aliphatic rings. The summed E-state index contributed by atoms with van der Waals surface area (Å²) < 4.78 is 34.2. The van der Waals surface area contributed by atoms with Crippen LogP contribution >= 0.6 is 36.0 Å². The van der Waals surface area contributed by atoms with Crippen molar-refractivity contribution in [2.45, 2.75) is 120 Å². The van der Waals surface area contributed by atoms with E-state index in [1.54, 1.807) is 35.7 Å².